The van der Waals surface area contributed by atoms with Crippen molar-refractivity contribution < 1.29 is 23.8 Å². The van der Waals surface area contributed by atoms with E-state index in [0.29, 0.717) is 28.8 Å². The van der Waals surface area contributed by atoms with E-state index in [4.69, 9.17) is 14.2 Å². The molecule has 1 heterocycles. The van der Waals surface area contributed by atoms with Crippen LogP contribution >= 0.6 is 11.8 Å². The number of carbonyl (C=O) groups is 2. The first kappa shape index (κ1) is 24.4. The first-order valence-electron chi connectivity index (χ1n) is 11.2. The smallest absolute Gasteiger partial charge is 0.293 e. The highest BCUT2D eigenvalue weighted by molar-refractivity contribution is 8.18. The second-order valence-corrected chi connectivity index (χ2v) is 9.17. The third-order valence-electron chi connectivity index (χ3n) is 5.48. The number of amides is 2. The van der Waals surface area contributed by atoms with Gasteiger partial charge in [-0.05, 0) is 67.1 Å². The quantitative estimate of drug-likeness (QED) is 0.343. The summed E-state index contributed by atoms with van der Waals surface area (Å²) in [6, 6.07) is 21.2. The summed E-state index contributed by atoms with van der Waals surface area (Å²) in [5.41, 5.74) is 4.13. The van der Waals surface area contributed by atoms with Gasteiger partial charge in [-0.25, -0.2) is 0 Å². The Kier molecular flexibility index (Phi) is 7.77. The Morgan fingerprint density at radius 1 is 0.857 bits per heavy atom. The number of hydrogen-bond acceptors (Lipinski definition) is 6. The van der Waals surface area contributed by atoms with Gasteiger partial charge in [0.25, 0.3) is 11.1 Å². The third kappa shape index (κ3) is 6.25. The molecule has 0 aliphatic carbocycles. The van der Waals surface area contributed by atoms with Crippen LogP contribution in [0.1, 0.15) is 22.3 Å². The SMILES string of the molecule is COc1cc(/C=C2\SC(=O)N(CCOc3ccc(C)cc3)C2=O)ccc1OCc1ccc(C)cc1. The van der Waals surface area contributed by atoms with Gasteiger partial charge in [0.05, 0.1) is 18.6 Å². The molecule has 0 bridgehead atoms. The number of thioether (sulfide) groups is 1. The molecule has 1 saturated heterocycles. The van der Waals surface area contributed by atoms with Gasteiger partial charge in [-0.2, -0.15) is 0 Å². The van der Waals surface area contributed by atoms with E-state index < -0.39 is 0 Å². The van der Waals surface area contributed by atoms with Gasteiger partial charge in [0.2, 0.25) is 0 Å². The third-order valence-corrected chi connectivity index (χ3v) is 6.39. The Labute approximate surface area is 209 Å². The monoisotopic (exact) mass is 489 g/mol. The van der Waals surface area contributed by atoms with Crippen molar-refractivity contribution in [1.82, 2.24) is 4.90 Å². The molecule has 35 heavy (non-hydrogen) atoms. The summed E-state index contributed by atoms with van der Waals surface area (Å²) in [5, 5.41) is -0.307. The molecule has 0 radical (unpaired) electrons. The summed E-state index contributed by atoms with van der Waals surface area (Å²) in [6.07, 6.45) is 1.69. The predicted molar refractivity (Wildman–Crippen MR) is 138 cm³/mol. The fourth-order valence-electron chi connectivity index (χ4n) is 3.47. The highest BCUT2D eigenvalue weighted by Gasteiger charge is 2.34. The number of imide groups is 1. The first-order valence-corrected chi connectivity index (χ1v) is 12.1. The van der Waals surface area contributed by atoms with Crippen LogP contribution in [-0.2, 0) is 11.4 Å². The van der Waals surface area contributed by atoms with Gasteiger partial charge >= 0.3 is 0 Å². The summed E-state index contributed by atoms with van der Waals surface area (Å²) < 4.78 is 17.1. The molecule has 6 nitrogen and oxygen atoms in total. The van der Waals surface area contributed by atoms with Crippen LogP contribution in [-0.4, -0.2) is 36.3 Å². The molecule has 180 valence electrons. The lowest BCUT2D eigenvalue weighted by molar-refractivity contribution is -0.123. The van der Waals surface area contributed by atoms with Crippen molar-refractivity contribution in [3.63, 3.8) is 0 Å². The van der Waals surface area contributed by atoms with Crippen LogP contribution in [0.2, 0.25) is 0 Å². The molecule has 0 spiro atoms. The average molecular weight is 490 g/mol. The van der Waals surface area contributed by atoms with Crippen LogP contribution in [0.5, 0.6) is 17.2 Å². The van der Waals surface area contributed by atoms with Crippen LogP contribution < -0.4 is 14.2 Å². The zero-order valence-electron chi connectivity index (χ0n) is 19.9. The number of hydrogen-bond donors (Lipinski definition) is 0. The second-order valence-electron chi connectivity index (χ2n) is 8.18. The number of carbonyl (C=O) groups excluding carboxylic acids is 2. The fourth-order valence-corrected chi connectivity index (χ4v) is 4.34. The number of methoxy groups -OCH3 is 1. The Balaban J connectivity index is 1.38. The molecule has 3 aromatic carbocycles. The van der Waals surface area contributed by atoms with Crippen molar-refractivity contribution in [2.45, 2.75) is 20.5 Å². The van der Waals surface area contributed by atoms with Crippen LogP contribution in [0.15, 0.2) is 71.6 Å². The minimum atomic E-state index is -0.328. The maximum Gasteiger partial charge on any atom is 0.293 e. The standard InChI is InChI=1S/C28H27NO5S/c1-19-4-8-21(9-5-19)18-34-24-13-10-22(16-25(24)32-3)17-26-27(30)29(28(31)35-26)14-15-33-23-11-6-20(2)7-12-23/h4-13,16-17H,14-15,18H2,1-3H3/b26-17-. The summed E-state index contributed by atoms with van der Waals surface area (Å²) in [7, 11) is 1.57. The molecule has 0 saturated carbocycles. The van der Waals surface area contributed by atoms with Crippen LogP contribution in [0, 0.1) is 13.8 Å². The van der Waals surface area contributed by atoms with E-state index in [2.05, 4.69) is 0 Å². The Morgan fingerprint density at radius 3 is 2.23 bits per heavy atom. The van der Waals surface area contributed by atoms with E-state index in [1.807, 2.05) is 68.4 Å². The van der Waals surface area contributed by atoms with Crippen LogP contribution in [0.3, 0.4) is 0 Å². The van der Waals surface area contributed by atoms with Crippen molar-refractivity contribution in [2.75, 3.05) is 20.3 Å². The molecule has 1 aliphatic heterocycles. The number of ether oxygens (including phenoxy) is 3. The molecular weight excluding hydrogens is 462 g/mol. The van der Waals surface area contributed by atoms with Gasteiger partial charge in [-0.3, -0.25) is 14.5 Å². The average Bonchev–Trinajstić information content (AvgIpc) is 3.12. The lowest BCUT2D eigenvalue weighted by Crippen LogP contribution is -2.32. The normalized spacial score (nSPS) is 14.5. The number of benzene rings is 3. The molecule has 0 unspecified atom stereocenters. The molecule has 2 amide bonds. The summed E-state index contributed by atoms with van der Waals surface area (Å²) in [5.74, 6) is 1.53. The number of nitrogens with zero attached hydrogens (tertiary/aromatic N) is 1. The van der Waals surface area contributed by atoms with Gasteiger partial charge in [0, 0.05) is 0 Å². The maximum absolute atomic E-state index is 12.8. The van der Waals surface area contributed by atoms with E-state index in [1.165, 1.54) is 10.5 Å². The molecule has 4 rings (SSSR count). The van der Waals surface area contributed by atoms with Crippen LogP contribution in [0.4, 0.5) is 4.79 Å². The van der Waals surface area contributed by atoms with Gasteiger partial charge in [-0.15, -0.1) is 0 Å². The molecule has 0 aromatic heterocycles. The maximum atomic E-state index is 12.8. The van der Waals surface area contributed by atoms with Crippen molar-refractivity contribution in [3.8, 4) is 17.2 Å². The zero-order chi connectivity index (χ0) is 24.8. The van der Waals surface area contributed by atoms with Gasteiger partial charge in [-0.1, -0.05) is 53.6 Å². The van der Waals surface area contributed by atoms with E-state index in [1.54, 1.807) is 25.3 Å². The fraction of sp³-hybridized carbons (Fsp3) is 0.214. The molecule has 0 N–H and O–H groups in total. The Hall–Kier alpha value is -3.71. The van der Waals surface area contributed by atoms with E-state index in [0.717, 1.165) is 28.5 Å². The first-order chi connectivity index (χ1) is 16.9. The summed E-state index contributed by atoms with van der Waals surface area (Å²) in [6.45, 7) is 4.87. The minimum Gasteiger partial charge on any atom is -0.493 e. The molecule has 0 atom stereocenters. The Morgan fingerprint density at radius 2 is 1.54 bits per heavy atom. The molecular formula is C28H27NO5S. The predicted octanol–water partition coefficient (Wildman–Crippen LogP) is 6.01. The van der Waals surface area contributed by atoms with Crippen molar-refractivity contribution in [1.29, 1.82) is 0 Å². The summed E-state index contributed by atoms with van der Waals surface area (Å²) >= 11 is 0.922. The van der Waals surface area contributed by atoms with Crippen molar-refractivity contribution in [2.24, 2.45) is 0 Å². The molecule has 1 aliphatic rings. The lowest BCUT2D eigenvalue weighted by Gasteiger charge is -2.13. The highest BCUT2D eigenvalue weighted by Crippen LogP contribution is 2.34. The van der Waals surface area contributed by atoms with Crippen molar-refractivity contribution in [3.05, 3.63) is 93.9 Å². The molecule has 1 fully saturated rings. The highest BCUT2D eigenvalue weighted by atomic mass is 32.2. The van der Waals surface area contributed by atoms with Crippen LogP contribution in [0.25, 0.3) is 6.08 Å². The number of rotatable bonds is 9. The zero-order valence-corrected chi connectivity index (χ0v) is 20.8. The van der Waals surface area contributed by atoms with E-state index in [9.17, 15) is 9.59 Å². The minimum absolute atomic E-state index is 0.186. The summed E-state index contributed by atoms with van der Waals surface area (Å²) in [4.78, 5) is 26.8. The topological polar surface area (TPSA) is 65.1 Å². The van der Waals surface area contributed by atoms with E-state index in [-0.39, 0.29) is 24.3 Å². The van der Waals surface area contributed by atoms with E-state index >= 15 is 0 Å². The largest absolute Gasteiger partial charge is 0.493 e. The lowest BCUT2D eigenvalue weighted by atomic mass is 10.1. The van der Waals surface area contributed by atoms with Gasteiger partial charge in [0.1, 0.15) is 19.0 Å². The molecule has 7 heteroatoms. The van der Waals surface area contributed by atoms with Crippen molar-refractivity contribution >= 4 is 29.0 Å². The number of aryl methyl sites for hydroxylation is 2. The molecule has 3 aromatic rings. The van der Waals surface area contributed by atoms with Gasteiger partial charge in [0.15, 0.2) is 11.5 Å². The van der Waals surface area contributed by atoms with Gasteiger partial charge < -0.3 is 14.2 Å². The Bertz CT molecular complexity index is 1240. The second kappa shape index (κ2) is 11.1.